The lowest BCUT2D eigenvalue weighted by Gasteiger charge is -1.95. The highest BCUT2D eigenvalue weighted by molar-refractivity contribution is 6.34. The second-order valence-corrected chi connectivity index (χ2v) is 3.21. The number of aldehydes is 1. The molecule has 0 radical (unpaired) electrons. The minimum Gasteiger partial charge on any atom is -0.298 e. The molecule has 0 saturated heterocycles. The van der Waals surface area contributed by atoms with Gasteiger partial charge in [-0.15, -0.1) is 0 Å². The zero-order valence-electron chi connectivity index (χ0n) is 6.83. The van der Waals surface area contributed by atoms with E-state index in [0.29, 0.717) is 10.6 Å². The van der Waals surface area contributed by atoms with Crippen LogP contribution in [0, 0.1) is 0 Å². The number of hydrogen-bond acceptors (Lipinski definition) is 1. The molecule has 0 aromatic rings. The summed E-state index contributed by atoms with van der Waals surface area (Å²) in [5, 5.41) is 0.689. The van der Waals surface area contributed by atoms with Crippen LogP contribution in [-0.4, -0.2) is 6.29 Å². The molecule has 2 rings (SSSR count). The van der Waals surface area contributed by atoms with Crippen molar-refractivity contribution in [1.82, 2.24) is 0 Å². The molecule has 0 bridgehead atoms. The Morgan fingerprint density at radius 1 is 1.00 bits per heavy atom. The molecule has 1 nitrogen and oxygen atoms in total. The molecule has 2 heteroatoms. The smallest absolute Gasteiger partial charge is 0.150 e. The van der Waals surface area contributed by atoms with Gasteiger partial charge < -0.3 is 0 Å². The van der Waals surface area contributed by atoms with E-state index in [0.717, 1.165) is 17.4 Å². The first-order chi connectivity index (χ1) is 6.33. The number of fused-ring (bicyclic) bond motifs is 1. The average molecular weight is 191 g/mol. The molecule has 64 valence electrons. The van der Waals surface area contributed by atoms with E-state index in [1.54, 1.807) is 12.1 Å². The number of hydrogen-bond donors (Lipinski definition) is 0. The minimum absolute atomic E-state index is 0.673. The molecule has 0 fully saturated rings. The second kappa shape index (κ2) is 3.19. The van der Waals surface area contributed by atoms with Crippen LogP contribution in [0.3, 0.4) is 0 Å². The van der Waals surface area contributed by atoms with Gasteiger partial charge in [0, 0.05) is 16.1 Å². The molecule has 0 unspecified atom stereocenters. The highest BCUT2D eigenvalue weighted by Gasteiger charge is 2.09. The van der Waals surface area contributed by atoms with Crippen molar-refractivity contribution in [3.05, 3.63) is 47.0 Å². The summed E-state index contributed by atoms with van der Waals surface area (Å²) in [6, 6.07) is 11.1. The molecule has 13 heavy (non-hydrogen) atoms. The third kappa shape index (κ3) is 1.31. The maximum absolute atomic E-state index is 10.7. The van der Waals surface area contributed by atoms with Gasteiger partial charge >= 0.3 is 0 Å². The maximum Gasteiger partial charge on any atom is 0.150 e. The first-order valence-corrected chi connectivity index (χ1v) is 4.33. The molecular weight excluding hydrogens is 184 g/mol. The largest absolute Gasteiger partial charge is 0.298 e. The van der Waals surface area contributed by atoms with E-state index >= 15 is 0 Å². The lowest BCUT2D eigenvalue weighted by atomic mass is 10.1. The fourth-order valence-electron chi connectivity index (χ4n) is 1.39. The Balaban J connectivity index is 2.78. The average Bonchev–Trinajstić information content (AvgIpc) is 2.39. The van der Waals surface area contributed by atoms with E-state index in [1.165, 1.54) is 0 Å². The van der Waals surface area contributed by atoms with E-state index in [1.807, 2.05) is 24.3 Å². The van der Waals surface area contributed by atoms with E-state index in [9.17, 15) is 4.79 Å². The predicted octanol–water partition coefficient (Wildman–Crippen LogP) is 3.26. The van der Waals surface area contributed by atoms with Gasteiger partial charge in [0.25, 0.3) is 0 Å². The molecular formula is C11H7ClO. The van der Waals surface area contributed by atoms with E-state index in [4.69, 9.17) is 11.6 Å². The summed E-state index contributed by atoms with van der Waals surface area (Å²) in [6.07, 6.45) is 0.846. The highest BCUT2D eigenvalue weighted by atomic mass is 35.5. The molecule has 0 aliphatic heterocycles. The molecule has 0 atom stereocenters. The van der Waals surface area contributed by atoms with Gasteiger partial charge in [-0.2, -0.15) is 0 Å². The van der Waals surface area contributed by atoms with Gasteiger partial charge in [-0.3, -0.25) is 4.79 Å². The summed E-state index contributed by atoms with van der Waals surface area (Å²) in [7, 11) is 0. The highest BCUT2D eigenvalue weighted by Crippen LogP contribution is 2.32. The lowest BCUT2D eigenvalue weighted by Crippen LogP contribution is -1.79. The van der Waals surface area contributed by atoms with E-state index in [2.05, 4.69) is 0 Å². The van der Waals surface area contributed by atoms with Crippen molar-refractivity contribution in [3.8, 4) is 11.1 Å². The zero-order chi connectivity index (χ0) is 9.26. The summed E-state index contributed by atoms with van der Waals surface area (Å²) in [6.45, 7) is 0. The Morgan fingerprint density at radius 3 is 2.54 bits per heavy atom. The summed E-state index contributed by atoms with van der Waals surface area (Å²) in [4.78, 5) is 10.7. The van der Waals surface area contributed by atoms with Crippen molar-refractivity contribution < 1.29 is 4.79 Å². The van der Waals surface area contributed by atoms with Crippen molar-refractivity contribution in [3.63, 3.8) is 0 Å². The zero-order valence-corrected chi connectivity index (χ0v) is 7.58. The predicted molar refractivity (Wildman–Crippen MR) is 53.5 cm³/mol. The van der Waals surface area contributed by atoms with Crippen molar-refractivity contribution in [2.45, 2.75) is 0 Å². The molecule has 2 aliphatic carbocycles. The Labute approximate surface area is 81.3 Å². The van der Waals surface area contributed by atoms with Gasteiger partial charge in [-0.1, -0.05) is 41.9 Å². The maximum atomic E-state index is 10.7. The summed E-state index contributed by atoms with van der Waals surface area (Å²) >= 11 is 5.94. The van der Waals surface area contributed by atoms with Gasteiger partial charge in [0.05, 0.1) is 0 Å². The van der Waals surface area contributed by atoms with Crippen LogP contribution in [0.5, 0.6) is 0 Å². The van der Waals surface area contributed by atoms with Crippen molar-refractivity contribution in [2.75, 3.05) is 0 Å². The molecule has 0 saturated carbocycles. The molecule has 0 aromatic carbocycles. The lowest BCUT2D eigenvalue weighted by molar-refractivity contribution is 0.112. The number of rotatable bonds is 1. The van der Waals surface area contributed by atoms with Gasteiger partial charge in [-0.05, 0) is 11.6 Å². The Morgan fingerprint density at radius 2 is 1.77 bits per heavy atom. The molecule has 0 amide bonds. The Bertz CT molecular complexity index is 423. The van der Waals surface area contributed by atoms with Crippen LogP contribution in [0.15, 0.2) is 36.4 Å². The Kier molecular flexibility index (Phi) is 2.03. The first kappa shape index (κ1) is 8.27. The Hall–Kier alpha value is -1.34. The summed E-state index contributed by atoms with van der Waals surface area (Å²) in [5.74, 6) is 0. The van der Waals surface area contributed by atoms with Crippen LogP contribution < -0.4 is 0 Å². The first-order valence-electron chi connectivity index (χ1n) is 3.95. The van der Waals surface area contributed by atoms with Gasteiger partial charge in [0.2, 0.25) is 0 Å². The van der Waals surface area contributed by atoms with E-state index in [-0.39, 0.29) is 0 Å². The molecule has 2 aliphatic rings. The fourth-order valence-corrected chi connectivity index (χ4v) is 1.62. The van der Waals surface area contributed by atoms with Gasteiger partial charge in [0.1, 0.15) is 0 Å². The molecule has 0 heterocycles. The number of halogens is 1. The summed E-state index contributed by atoms with van der Waals surface area (Å²) in [5.41, 5.74) is 2.51. The quantitative estimate of drug-likeness (QED) is 0.631. The van der Waals surface area contributed by atoms with Crippen LogP contribution in [0.1, 0.15) is 10.4 Å². The fraction of sp³-hybridized carbons (Fsp3) is 0. The van der Waals surface area contributed by atoms with Crippen LogP contribution in [0.25, 0.3) is 11.1 Å². The number of carbonyl (C=O) groups excluding carboxylic acids is 1. The molecule has 0 spiro atoms. The van der Waals surface area contributed by atoms with Crippen LogP contribution >= 0.6 is 11.6 Å². The topological polar surface area (TPSA) is 17.1 Å². The standard InChI is InChI=1S/C11H7ClO/c12-11-6-5-9-8(7-13)3-1-2-4-10(9)11/h1-7H. The van der Waals surface area contributed by atoms with Crippen LogP contribution in [0.4, 0.5) is 0 Å². The van der Waals surface area contributed by atoms with Crippen molar-refractivity contribution in [1.29, 1.82) is 0 Å². The van der Waals surface area contributed by atoms with Crippen LogP contribution in [-0.2, 0) is 0 Å². The molecule has 0 N–H and O–H groups in total. The molecule has 0 aromatic heterocycles. The van der Waals surface area contributed by atoms with Crippen molar-refractivity contribution in [2.24, 2.45) is 0 Å². The normalized spacial score (nSPS) is 10.2. The van der Waals surface area contributed by atoms with Gasteiger partial charge in [-0.25, -0.2) is 0 Å². The monoisotopic (exact) mass is 190 g/mol. The third-order valence-electron chi connectivity index (χ3n) is 2.03. The van der Waals surface area contributed by atoms with Crippen LogP contribution in [0.2, 0.25) is 5.02 Å². The SMILES string of the molecule is O=Cc1ccccc2c(Cl)ccc1-2. The van der Waals surface area contributed by atoms with E-state index < -0.39 is 0 Å². The summed E-state index contributed by atoms with van der Waals surface area (Å²) < 4.78 is 0. The second-order valence-electron chi connectivity index (χ2n) is 2.80. The number of carbonyl (C=O) groups is 1. The third-order valence-corrected chi connectivity index (χ3v) is 2.36. The minimum atomic E-state index is 0.673. The van der Waals surface area contributed by atoms with Gasteiger partial charge in [0.15, 0.2) is 6.29 Å². The van der Waals surface area contributed by atoms with Crippen molar-refractivity contribution >= 4 is 17.9 Å².